The van der Waals surface area contributed by atoms with Crippen LogP contribution in [0.25, 0.3) is 0 Å². The van der Waals surface area contributed by atoms with Gasteiger partial charge < -0.3 is 19.6 Å². The molecule has 1 saturated heterocycles. The van der Waals surface area contributed by atoms with Crippen LogP contribution in [0.4, 0.5) is 13.6 Å². The average Bonchev–Trinajstić information content (AvgIpc) is 2.82. The molecule has 1 heterocycles. The third-order valence-electron chi connectivity index (χ3n) is 6.55. The lowest BCUT2D eigenvalue weighted by atomic mass is 9.84. The molecule has 0 radical (unpaired) electrons. The molecule has 1 aliphatic rings. The Labute approximate surface area is 219 Å². The number of nitrogens with zero attached hydrogens (tertiary/aromatic N) is 2. The zero-order valence-corrected chi connectivity index (χ0v) is 22.8. The maximum atomic E-state index is 13.3. The Morgan fingerprint density at radius 1 is 1.00 bits per heavy atom. The van der Waals surface area contributed by atoms with Gasteiger partial charge in [-0.2, -0.15) is 0 Å². The van der Waals surface area contributed by atoms with Crippen molar-refractivity contribution in [3.05, 3.63) is 65.2 Å². The first-order chi connectivity index (χ1) is 17.3. The Morgan fingerprint density at radius 2 is 1.57 bits per heavy atom. The van der Waals surface area contributed by atoms with Gasteiger partial charge in [0.15, 0.2) is 5.60 Å². The second-order valence-electron chi connectivity index (χ2n) is 10.4. The lowest BCUT2D eigenvalue weighted by Crippen LogP contribution is -2.57. The van der Waals surface area contributed by atoms with Gasteiger partial charge >= 0.3 is 12.0 Å². The van der Waals surface area contributed by atoms with E-state index in [0.717, 1.165) is 31.9 Å². The van der Waals surface area contributed by atoms with Crippen LogP contribution in [0.5, 0.6) is 5.75 Å². The van der Waals surface area contributed by atoms with Gasteiger partial charge in [0.1, 0.15) is 17.4 Å². The Bertz CT molecular complexity index is 1040. The first kappa shape index (κ1) is 30.1. The third kappa shape index (κ3) is 8.72. The molecule has 37 heavy (non-hydrogen) atoms. The van der Waals surface area contributed by atoms with Gasteiger partial charge in [-0.05, 0) is 68.5 Å². The summed E-state index contributed by atoms with van der Waals surface area (Å²) in [6.07, 6.45) is 2.81. The third-order valence-corrected chi connectivity index (χ3v) is 6.55. The van der Waals surface area contributed by atoms with Crippen LogP contribution in [0.1, 0.15) is 65.5 Å². The van der Waals surface area contributed by atoms with E-state index in [1.165, 1.54) is 31.5 Å². The molecule has 0 bridgehead atoms. The molecule has 2 aromatic rings. The molecule has 1 fully saturated rings. The molecule has 2 aromatic carbocycles. The zero-order chi connectivity index (χ0) is 27.8. The fraction of sp³-hybridized carbons (Fsp3) is 0.517. The summed E-state index contributed by atoms with van der Waals surface area (Å²) in [5, 5.41) is 8.88. The van der Waals surface area contributed by atoms with E-state index in [-0.39, 0.29) is 18.0 Å². The Balaban J connectivity index is 0.000000281. The van der Waals surface area contributed by atoms with Crippen molar-refractivity contribution in [1.82, 2.24) is 9.80 Å². The summed E-state index contributed by atoms with van der Waals surface area (Å²) in [6, 6.07) is 10.9. The Hall–Kier alpha value is -3.16. The van der Waals surface area contributed by atoms with Crippen molar-refractivity contribution in [3.8, 4) is 5.75 Å². The normalized spacial score (nSPS) is 17.8. The molecule has 0 spiro atoms. The summed E-state index contributed by atoms with van der Waals surface area (Å²) in [7, 11) is 0. The molecule has 6 nitrogen and oxygen atoms in total. The summed E-state index contributed by atoms with van der Waals surface area (Å²) in [4.78, 5) is 26.9. The SMILES string of the molecule is CCCN1CC(C)(CC)CN(Cc2cc(F)cc(F)c2)C1=O.CCc1ccc(OC(C)(C)C(=O)O)cc1. The minimum atomic E-state index is -1.19. The highest BCUT2D eigenvalue weighted by molar-refractivity contribution is 5.77. The van der Waals surface area contributed by atoms with Crippen molar-refractivity contribution in [2.75, 3.05) is 19.6 Å². The van der Waals surface area contributed by atoms with Crippen LogP contribution < -0.4 is 4.74 Å². The van der Waals surface area contributed by atoms with E-state index in [2.05, 4.69) is 20.8 Å². The van der Waals surface area contributed by atoms with Crippen LogP contribution in [0.15, 0.2) is 42.5 Å². The number of benzene rings is 2. The minimum absolute atomic E-state index is 0.00888. The van der Waals surface area contributed by atoms with Gasteiger partial charge in [0.05, 0.1) is 0 Å². The number of ether oxygens (including phenoxy) is 1. The smallest absolute Gasteiger partial charge is 0.347 e. The fourth-order valence-corrected chi connectivity index (χ4v) is 4.15. The minimum Gasteiger partial charge on any atom is -0.478 e. The highest BCUT2D eigenvalue weighted by atomic mass is 19.1. The molecule has 1 N–H and O–H groups in total. The number of carboxylic acid groups (broad SMARTS) is 1. The van der Waals surface area contributed by atoms with Crippen LogP contribution in [-0.4, -0.2) is 52.1 Å². The van der Waals surface area contributed by atoms with Crippen molar-refractivity contribution in [2.45, 2.75) is 73.0 Å². The molecule has 3 rings (SSSR count). The Kier molecular flexibility index (Phi) is 10.5. The number of amides is 2. The second-order valence-corrected chi connectivity index (χ2v) is 10.4. The van der Waals surface area contributed by atoms with E-state index in [9.17, 15) is 18.4 Å². The predicted octanol–water partition coefficient (Wildman–Crippen LogP) is 6.52. The van der Waals surface area contributed by atoms with E-state index >= 15 is 0 Å². The number of hydrogen-bond acceptors (Lipinski definition) is 3. The van der Waals surface area contributed by atoms with E-state index in [4.69, 9.17) is 9.84 Å². The van der Waals surface area contributed by atoms with Crippen LogP contribution >= 0.6 is 0 Å². The predicted molar refractivity (Wildman–Crippen MR) is 141 cm³/mol. The van der Waals surface area contributed by atoms with Crippen molar-refractivity contribution >= 4 is 12.0 Å². The molecule has 0 saturated carbocycles. The van der Waals surface area contributed by atoms with E-state index in [1.54, 1.807) is 17.0 Å². The number of carboxylic acids is 1. The van der Waals surface area contributed by atoms with Gasteiger partial charge in [-0.25, -0.2) is 18.4 Å². The largest absolute Gasteiger partial charge is 0.478 e. The summed E-state index contributed by atoms with van der Waals surface area (Å²) < 4.78 is 32.0. The lowest BCUT2D eigenvalue weighted by Gasteiger charge is -2.46. The first-order valence-corrected chi connectivity index (χ1v) is 12.8. The van der Waals surface area contributed by atoms with Gasteiger partial charge in [-0.3, -0.25) is 0 Å². The zero-order valence-electron chi connectivity index (χ0n) is 22.8. The fourth-order valence-electron chi connectivity index (χ4n) is 4.15. The molecular formula is C29H40F2N2O4. The molecule has 1 atom stereocenters. The van der Waals surface area contributed by atoms with Gasteiger partial charge in [0.2, 0.25) is 0 Å². The van der Waals surface area contributed by atoms with Gasteiger partial charge in [-0.15, -0.1) is 0 Å². The van der Waals surface area contributed by atoms with Gasteiger partial charge in [0.25, 0.3) is 0 Å². The summed E-state index contributed by atoms with van der Waals surface area (Å²) in [5.74, 6) is -1.60. The standard InChI is InChI=1S/C17H24F2N2O.C12H16O3/c1-4-6-20-11-17(3,5-2)12-21(16(20)22)10-13-7-14(18)9-15(19)8-13;1-4-9-5-7-10(8-6-9)15-12(2,3)11(13)14/h7-9H,4-6,10-12H2,1-3H3;5-8H,4H2,1-3H3,(H,13,14). The summed E-state index contributed by atoms with van der Waals surface area (Å²) >= 11 is 0. The van der Waals surface area contributed by atoms with E-state index in [1.807, 2.05) is 24.0 Å². The summed E-state index contributed by atoms with van der Waals surface area (Å²) in [5.41, 5.74) is 0.515. The van der Waals surface area contributed by atoms with Crippen LogP contribution in [0.2, 0.25) is 0 Å². The van der Waals surface area contributed by atoms with Gasteiger partial charge in [0, 0.05) is 37.7 Å². The molecule has 204 valence electrons. The number of aryl methyl sites for hydroxylation is 1. The number of carbonyl (C=O) groups is 2. The van der Waals surface area contributed by atoms with Crippen molar-refractivity contribution in [2.24, 2.45) is 5.41 Å². The molecular weight excluding hydrogens is 478 g/mol. The number of halogens is 2. The number of carbonyl (C=O) groups excluding carboxylic acids is 1. The number of aliphatic carboxylic acids is 1. The van der Waals surface area contributed by atoms with E-state index in [0.29, 0.717) is 24.4 Å². The number of hydrogen-bond donors (Lipinski definition) is 1. The molecule has 8 heteroatoms. The molecule has 1 unspecified atom stereocenters. The number of urea groups is 1. The van der Waals surface area contributed by atoms with E-state index < -0.39 is 23.2 Å². The number of rotatable bonds is 9. The Morgan fingerprint density at radius 3 is 2.05 bits per heavy atom. The van der Waals surface area contributed by atoms with Crippen LogP contribution in [-0.2, 0) is 17.8 Å². The first-order valence-electron chi connectivity index (χ1n) is 12.8. The maximum Gasteiger partial charge on any atom is 0.347 e. The molecule has 2 amide bonds. The lowest BCUT2D eigenvalue weighted by molar-refractivity contribution is -0.152. The van der Waals surface area contributed by atoms with Crippen LogP contribution in [0, 0.1) is 17.0 Å². The monoisotopic (exact) mass is 518 g/mol. The van der Waals surface area contributed by atoms with Crippen molar-refractivity contribution in [3.63, 3.8) is 0 Å². The van der Waals surface area contributed by atoms with Crippen LogP contribution in [0.3, 0.4) is 0 Å². The molecule has 0 aromatic heterocycles. The van der Waals surface area contributed by atoms with Gasteiger partial charge in [-0.1, -0.05) is 39.8 Å². The molecule has 0 aliphatic carbocycles. The van der Waals surface area contributed by atoms with Crippen molar-refractivity contribution < 1.29 is 28.2 Å². The highest BCUT2D eigenvalue weighted by Crippen LogP contribution is 2.30. The maximum absolute atomic E-state index is 13.3. The van der Waals surface area contributed by atoms with Crippen molar-refractivity contribution in [1.29, 1.82) is 0 Å². The molecule has 1 aliphatic heterocycles. The second kappa shape index (κ2) is 12.9. The highest BCUT2D eigenvalue weighted by Gasteiger charge is 2.38. The average molecular weight is 519 g/mol. The summed E-state index contributed by atoms with van der Waals surface area (Å²) in [6.45, 7) is 13.7. The quantitative estimate of drug-likeness (QED) is 0.410. The topological polar surface area (TPSA) is 70.1 Å².